The van der Waals surface area contributed by atoms with Gasteiger partial charge < -0.3 is 10.3 Å². The normalized spacial score (nSPS) is 11.1. The van der Waals surface area contributed by atoms with Crippen molar-refractivity contribution in [1.29, 1.82) is 0 Å². The van der Waals surface area contributed by atoms with Crippen molar-refractivity contribution in [3.63, 3.8) is 0 Å². The highest BCUT2D eigenvalue weighted by atomic mass is 16.1. The number of H-pyrrole nitrogens is 1. The molecule has 0 spiro atoms. The molecule has 0 atom stereocenters. The summed E-state index contributed by atoms with van der Waals surface area (Å²) in [5, 5.41) is 3.30. The maximum atomic E-state index is 12.2. The van der Waals surface area contributed by atoms with E-state index in [9.17, 15) is 4.79 Å². The summed E-state index contributed by atoms with van der Waals surface area (Å²) < 4.78 is 0. The molecule has 3 nitrogen and oxygen atoms in total. The van der Waals surface area contributed by atoms with E-state index in [2.05, 4.69) is 56.2 Å². The van der Waals surface area contributed by atoms with Gasteiger partial charge in [-0.05, 0) is 44.0 Å². The highest BCUT2D eigenvalue weighted by molar-refractivity contribution is 5.64. The molecule has 112 valence electrons. The number of aromatic nitrogens is 1. The molecule has 0 saturated heterocycles. The third-order valence-electron chi connectivity index (χ3n) is 3.54. The molecule has 1 heterocycles. The van der Waals surface area contributed by atoms with Gasteiger partial charge in [-0.25, -0.2) is 0 Å². The quantitative estimate of drug-likeness (QED) is 0.884. The monoisotopic (exact) mass is 284 g/mol. The van der Waals surface area contributed by atoms with Crippen molar-refractivity contribution < 1.29 is 0 Å². The van der Waals surface area contributed by atoms with Gasteiger partial charge in [-0.3, -0.25) is 4.79 Å². The standard InChI is InChI=1S/C18H24N2O/c1-12(2)10-19-11-15-7-8-17(20-18(15)21)16-9-13(3)5-6-14(16)4/h5-9,12,19H,10-11H2,1-4H3,(H,20,21). The van der Waals surface area contributed by atoms with E-state index in [4.69, 9.17) is 0 Å². The summed E-state index contributed by atoms with van der Waals surface area (Å²) in [4.78, 5) is 15.2. The summed E-state index contributed by atoms with van der Waals surface area (Å²) in [5.41, 5.74) is 5.11. The molecule has 0 bridgehead atoms. The molecule has 2 rings (SSSR count). The van der Waals surface area contributed by atoms with Gasteiger partial charge in [-0.15, -0.1) is 0 Å². The van der Waals surface area contributed by atoms with Crippen molar-refractivity contribution in [2.45, 2.75) is 34.2 Å². The number of aryl methyl sites for hydroxylation is 2. The number of nitrogens with one attached hydrogen (secondary N) is 2. The van der Waals surface area contributed by atoms with Crippen LogP contribution in [0.15, 0.2) is 35.1 Å². The first kappa shape index (κ1) is 15.5. The van der Waals surface area contributed by atoms with Gasteiger partial charge in [0.2, 0.25) is 0 Å². The van der Waals surface area contributed by atoms with Crippen LogP contribution in [-0.4, -0.2) is 11.5 Å². The molecule has 0 amide bonds. The summed E-state index contributed by atoms with van der Waals surface area (Å²) in [6.07, 6.45) is 0. The Bertz CT molecular complexity index is 671. The molecule has 3 heteroatoms. The second-order valence-electron chi connectivity index (χ2n) is 6.07. The molecule has 2 aromatic rings. The molecule has 0 aliphatic rings. The highest BCUT2D eigenvalue weighted by Crippen LogP contribution is 2.21. The van der Waals surface area contributed by atoms with Gasteiger partial charge in [-0.1, -0.05) is 37.6 Å². The maximum absolute atomic E-state index is 12.2. The topological polar surface area (TPSA) is 44.9 Å². The largest absolute Gasteiger partial charge is 0.322 e. The number of pyridine rings is 1. The van der Waals surface area contributed by atoms with Crippen LogP contribution in [0, 0.1) is 19.8 Å². The van der Waals surface area contributed by atoms with Gasteiger partial charge in [0.1, 0.15) is 0 Å². The predicted octanol–water partition coefficient (Wildman–Crippen LogP) is 3.40. The Morgan fingerprint density at radius 1 is 1.14 bits per heavy atom. The molecule has 0 aliphatic heterocycles. The van der Waals surface area contributed by atoms with Crippen LogP contribution in [-0.2, 0) is 6.54 Å². The molecule has 0 radical (unpaired) electrons. The zero-order valence-corrected chi connectivity index (χ0v) is 13.3. The smallest absolute Gasteiger partial charge is 0.252 e. The van der Waals surface area contributed by atoms with E-state index in [0.717, 1.165) is 23.4 Å². The van der Waals surface area contributed by atoms with Crippen LogP contribution < -0.4 is 10.9 Å². The molecule has 0 aliphatic carbocycles. The zero-order valence-electron chi connectivity index (χ0n) is 13.3. The summed E-state index contributed by atoms with van der Waals surface area (Å²) in [6.45, 7) is 9.96. The molecule has 0 fully saturated rings. The Balaban J connectivity index is 2.23. The number of hydrogen-bond acceptors (Lipinski definition) is 2. The zero-order chi connectivity index (χ0) is 15.4. The minimum absolute atomic E-state index is 0.00957. The van der Waals surface area contributed by atoms with Crippen LogP contribution in [0.2, 0.25) is 0 Å². The average Bonchev–Trinajstić information content (AvgIpc) is 2.43. The summed E-state index contributed by atoms with van der Waals surface area (Å²) in [7, 11) is 0. The third kappa shape index (κ3) is 4.05. The van der Waals surface area contributed by atoms with Crippen LogP contribution in [0.5, 0.6) is 0 Å². The second-order valence-corrected chi connectivity index (χ2v) is 6.07. The number of rotatable bonds is 5. The average molecular weight is 284 g/mol. The minimum atomic E-state index is -0.00957. The molecule has 0 unspecified atom stereocenters. The van der Waals surface area contributed by atoms with Gasteiger partial charge in [-0.2, -0.15) is 0 Å². The first-order valence-corrected chi connectivity index (χ1v) is 7.48. The van der Waals surface area contributed by atoms with Crippen LogP contribution in [0.1, 0.15) is 30.5 Å². The van der Waals surface area contributed by atoms with Crippen molar-refractivity contribution in [3.8, 4) is 11.3 Å². The van der Waals surface area contributed by atoms with E-state index in [1.54, 1.807) is 0 Å². The van der Waals surface area contributed by atoms with Crippen LogP contribution in [0.3, 0.4) is 0 Å². The summed E-state index contributed by atoms with van der Waals surface area (Å²) in [6, 6.07) is 10.2. The van der Waals surface area contributed by atoms with Crippen molar-refractivity contribution in [2.24, 2.45) is 5.92 Å². The van der Waals surface area contributed by atoms with E-state index in [1.807, 2.05) is 12.1 Å². The van der Waals surface area contributed by atoms with Gasteiger partial charge in [0.15, 0.2) is 0 Å². The Morgan fingerprint density at radius 2 is 1.90 bits per heavy atom. The molecular weight excluding hydrogens is 260 g/mol. The first-order valence-electron chi connectivity index (χ1n) is 7.48. The maximum Gasteiger partial charge on any atom is 0.252 e. The fourth-order valence-corrected chi connectivity index (χ4v) is 2.32. The van der Waals surface area contributed by atoms with E-state index in [-0.39, 0.29) is 5.56 Å². The number of hydrogen-bond donors (Lipinski definition) is 2. The van der Waals surface area contributed by atoms with E-state index >= 15 is 0 Å². The summed E-state index contributed by atoms with van der Waals surface area (Å²) in [5.74, 6) is 0.582. The molecular formula is C18H24N2O. The Labute approximate surface area is 126 Å². The molecule has 2 N–H and O–H groups in total. The second kappa shape index (κ2) is 6.72. The number of aromatic amines is 1. The Kier molecular flexibility index (Phi) is 4.97. The van der Waals surface area contributed by atoms with Gasteiger partial charge in [0, 0.05) is 23.4 Å². The Morgan fingerprint density at radius 3 is 2.57 bits per heavy atom. The van der Waals surface area contributed by atoms with Gasteiger partial charge in [0.25, 0.3) is 5.56 Å². The highest BCUT2D eigenvalue weighted by Gasteiger charge is 2.06. The molecule has 1 aromatic heterocycles. The van der Waals surface area contributed by atoms with Crippen molar-refractivity contribution in [1.82, 2.24) is 10.3 Å². The fourth-order valence-electron chi connectivity index (χ4n) is 2.32. The van der Waals surface area contributed by atoms with Gasteiger partial charge >= 0.3 is 0 Å². The lowest BCUT2D eigenvalue weighted by molar-refractivity contribution is 0.551. The molecule has 0 saturated carbocycles. The molecule has 1 aromatic carbocycles. The van der Waals surface area contributed by atoms with Crippen LogP contribution in [0.25, 0.3) is 11.3 Å². The van der Waals surface area contributed by atoms with Crippen molar-refractivity contribution in [3.05, 3.63) is 57.4 Å². The lowest BCUT2D eigenvalue weighted by atomic mass is 10.0. The lowest BCUT2D eigenvalue weighted by Gasteiger charge is -2.10. The first-order chi connectivity index (χ1) is 9.97. The third-order valence-corrected chi connectivity index (χ3v) is 3.54. The lowest BCUT2D eigenvalue weighted by Crippen LogP contribution is -2.24. The van der Waals surface area contributed by atoms with Crippen molar-refractivity contribution in [2.75, 3.05) is 6.54 Å². The Hall–Kier alpha value is -1.87. The predicted molar refractivity (Wildman–Crippen MR) is 88.5 cm³/mol. The fraction of sp³-hybridized carbons (Fsp3) is 0.389. The molecule has 21 heavy (non-hydrogen) atoms. The summed E-state index contributed by atoms with van der Waals surface area (Å²) >= 11 is 0. The van der Waals surface area contributed by atoms with Crippen LogP contribution >= 0.6 is 0 Å². The minimum Gasteiger partial charge on any atom is -0.322 e. The number of benzene rings is 1. The van der Waals surface area contributed by atoms with Crippen molar-refractivity contribution >= 4 is 0 Å². The van der Waals surface area contributed by atoms with E-state index in [0.29, 0.717) is 12.5 Å². The van der Waals surface area contributed by atoms with E-state index < -0.39 is 0 Å². The SMILES string of the molecule is Cc1ccc(C)c(-c2ccc(CNCC(C)C)c(=O)[nH]2)c1. The van der Waals surface area contributed by atoms with E-state index in [1.165, 1.54) is 11.1 Å². The van der Waals surface area contributed by atoms with Crippen LogP contribution in [0.4, 0.5) is 0 Å². The van der Waals surface area contributed by atoms with Gasteiger partial charge in [0.05, 0.1) is 0 Å².